The fourth-order valence-corrected chi connectivity index (χ4v) is 1.70. The Balaban J connectivity index is 2.26. The van der Waals surface area contributed by atoms with Crippen molar-refractivity contribution >= 4 is 6.09 Å². The van der Waals surface area contributed by atoms with E-state index in [4.69, 9.17) is 9.84 Å². The Bertz CT molecular complexity index is 176. The molecule has 1 aliphatic carbocycles. The minimum absolute atomic E-state index is 0.0713. The van der Waals surface area contributed by atoms with E-state index in [2.05, 4.69) is 5.32 Å². The van der Waals surface area contributed by atoms with E-state index in [9.17, 15) is 4.79 Å². The Labute approximate surface area is 78.3 Å². The van der Waals surface area contributed by atoms with Gasteiger partial charge in [0.1, 0.15) is 6.61 Å². The first-order chi connectivity index (χ1) is 6.16. The molecule has 1 fully saturated rings. The van der Waals surface area contributed by atoms with Crippen molar-refractivity contribution in [2.75, 3.05) is 13.2 Å². The Morgan fingerprint density at radius 1 is 1.54 bits per heavy atom. The van der Waals surface area contributed by atoms with Crippen LogP contribution in [0, 0.1) is 0 Å². The number of aliphatic hydroxyl groups excluding tert-OH is 1. The van der Waals surface area contributed by atoms with Crippen molar-refractivity contribution in [2.45, 2.75) is 38.1 Å². The van der Waals surface area contributed by atoms with Gasteiger partial charge in [0.25, 0.3) is 0 Å². The summed E-state index contributed by atoms with van der Waals surface area (Å²) in [5.41, 5.74) is -0.0907. The Hall–Kier alpha value is -0.770. The number of carbonyl (C=O) groups excluding carboxylic acids is 1. The molecule has 76 valence electrons. The predicted octanol–water partition coefficient (Wildman–Crippen LogP) is 1.04. The van der Waals surface area contributed by atoms with Crippen LogP contribution in [0.2, 0.25) is 0 Å². The Morgan fingerprint density at radius 3 is 2.69 bits per heavy atom. The molecule has 13 heavy (non-hydrogen) atoms. The standard InChI is InChI=1S/C9H17NO3/c1-9(4-2-3-5-9)10-8(12)13-7-6-11/h11H,2-7H2,1H3,(H,10,12). The van der Waals surface area contributed by atoms with Crippen molar-refractivity contribution in [3.8, 4) is 0 Å². The summed E-state index contributed by atoms with van der Waals surface area (Å²) in [7, 11) is 0. The van der Waals surface area contributed by atoms with Crippen LogP contribution in [0.5, 0.6) is 0 Å². The summed E-state index contributed by atoms with van der Waals surface area (Å²) in [6.07, 6.45) is 3.94. The summed E-state index contributed by atoms with van der Waals surface area (Å²) in [6.45, 7) is 1.98. The molecule has 4 heteroatoms. The Morgan fingerprint density at radius 2 is 2.15 bits per heavy atom. The minimum Gasteiger partial charge on any atom is -0.447 e. The average Bonchev–Trinajstić information content (AvgIpc) is 2.48. The molecule has 0 heterocycles. The molecule has 1 saturated carbocycles. The number of nitrogens with one attached hydrogen (secondary N) is 1. The number of hydrogen-bond donors (Lipinski definition) is 2. The third-order valence-electron chi connectivity index (χ3n) is 2.44. The first kappa shape index (κ1) is 10.3. The van der Waals surface area contributed by atoms with Gasteiger partial charge in [-0.1, -0.05) is 12.8 Å². The molecule has 0 aliphatic heterocycles. The maximum Gasteiger partial charge on any atom is 0.407 e. The van der Waals surface area contributed by atoms with Gasteiger partial charge in [-0.25, -0.2) is 4.79 Å². The lowest BCUT2D eigenvalue weighted by molar-refractivity contribution is 0.110. The second-order valence-corrected chi connectivity index (χ2v) is 3.75. The molecule has 0 bridgehead atoms. The fourth-order valence-electron chi connectivity index (χ4n) is 1.70. The third kappa shape index (κ3) is 3.22. The van der Waals surface area contributed by atoms with Gasteiger partial charge in [0.05, 0.1) is 6.61 Å². The maximum atomic E-state index is 11.1. The van der Waals surface area contributed by atoms with Gasteiger partial charge in [0, 0.05) is 5.54 Å². The number of aliphatic hydroxyl groups is 1. The largest absolute Gasteiger partial charge is 0.447 e. The molecule has 1 amide bonds. The number of ether oxygens (including phenoxy) is 1. The van der Waals surface area contributed by atoms with E-state index in [1.54, 1.807) is 0 Å². The van der Waals surface area contributed by atoms with Crippen LogP contribution in [0.25, 0.3) is 0 Å². The quantitative estimate of drug-likeness (QED) is 0.694. The van der Waals surface area contributed by atoms with Crippen LogP contribution in [-0.4, -0.2) is 30.0 Å². The molecule has 2 N–H and O–H groups in total. The highest BCUT2D eigenvalue weighted by atomic mass is 16.6. The lowest BCUT2D eigenvalue weighted by Crippen LogP contribution is -2.44. The van der Waals surface area contributed by atoms with Gasteiger partial charge >= 0.3 is 6.09 Å². The van der Waals surface area contributed by atoms with Crippen LogP contribution >= 0.6 is 0 Å². The summed E-state index contributed by atoms with van der Waals surface area (Å²) < 4.78 is 4.72. The van der Waals surface area contributed by atoms with Crippen molar-refractivity contribution in [1.29, 1.82) is 0 Å². The van der Waals surface area contributed by atoms with Crippen LogP contribution < -0.4 is 5.32 Å². The molecule has 0 aromatic carbocycles. The van der Waals surface area contributed by atoms with Gasteiger partial charge in [-0.15, -0.1) is 0 Å². The molecule has 0 spiro atoms. The summed E-state index contributed by atoms with van der Waals surface area (Å²) in [5, 5.41) is 11.3. The minimum atomic E-state index is -0.418. The molecular weight excluding hydrogens is 170 g/mol. The van der Waals surface area contributed by atoms with Crippen LogP contribution in [0.4, 0.5) is 4.79 Å². The number of alkyl carbamates (subject to hydrolysis) is 1. The lowest BCUT2D eigenvalue weighted by atomic mass is 10.0. The van der Waals surface area contributed by atoms with Crippen LogP contribution in [0.15, 0.2) is 0 Å². The van der Waals surface area contributed by atoms with E-state index >= 15 is 0 Å². The molecule has 0 radical (unpaired) electrons. The van der Waals surface area contributed by atoms with Gasteiger partial charge < -0.3 is 15.2 Å². The molecule has 1 aliphatic rings. The van der Waals surface area contributed by atoms with Crippen molar-refractivity contribution in [3.05, 3.63) is 0 Å². The zero-order valence-electron chi connectivity index (χ0n) is 8.01. The highest BCUT2D eigenvalue weighted by Gasteiger charge is 2.30. The number of amides is 1. The molecule has 1 rings (SSSR count). The summed E-state index contributed by atoms with van der Waals surface area (Å²) in [6, 6.07) is 0. The highest BCUT2D eigenvalue weighted by molar-refractivity contribution is 5.68. The fraction of sp³-hybridized carbons (Fsp3) is 0.889. The summed E-state index contributed by atoms with van der Waals surface area (Å²) >= 11 is 0. The number of carbonyl (C=O) groups is 1. The molecule has 0 atom stereocenters. The van der Waals surface area contributed by atoms with Gasteiger partial charge in [0.15, 0.2) is 0 Å². The van der Waals surface area contributed by atoms with Crippen molar-refractivity contribution in [3.63, 3.8) is 0 Å². The van der Waals surface area contributed by atoms with E-state index in [0.29, 0.717) is 0 Å². The van der Waals surface area contributed by atoms with Gasteiger partial charge in [-0.2, -0.15) is 0 Å². The van der Waals surface area contributed by atoms with Gasteiger partial charge in [-0.3, -0.25) is 0 Å². The second kappa shape index (κ2) is 4.46. The second-order valence-electron chi connectivity index (χ2n) is 3.75. The zero-order chi connectivity index (χ0) is 9.73. The van der Waals surface area contributed by atoms with Crippen LogP contribution in [0.1, 0.15) is 32.6 Å². The van der Waals surface area contributed by atoms with Crippen molar-refractivity contribution < 1.29 is 14.6 Å². The van der Waals surface area contributed by atoms with E-state index < -0.39 is 6.09 Å². The van der Waals surface area contributed by atoms with Crippen LogP contribution in [-0.2, 0) is 4.74 Å². The first-order valence-corrected chi connectivity index (χ1v) is 4.72. The van der Waals surface area contributed by atoms with Crippen molar-refractivity contribution in [2.24, 2.45) is 0 Å². The number of hydrogen-bond acceptors (Lipinski definition) is 3. The molecule has 0 saturated heterocycles. The Kier molecular flexibility index (Phi) is 3.54. The molecule has 0 aromatic rings. The van der Waals surface area contributed by atoms with Gasteiger partial charge in [-0.05, 0) is 19.8 Å². The average molecular weight is 187 g/mol. The molecular formula is C9H17NO3. The summed E-state index contributed by atoms with van der Waals surface area (Å²) in [5.74, 6) is 0. The lowest BCUT2D eigenvalue weighted by Gasteiger charge is -2.24. The topological polar surface area (TPSA) is 58.6 Å². The van der Waals surface area contributed by atoms with E-state index in [1.165, 1.54) is 0 Å². The van der Waals surface area contributed by atoms with E-state index in [-0.39, 0.29) is 18.8 Å². The first-order valence-electron chi connectivity index (χ1n) is 4.72. The SMILES string of the molecule is CC1(NC(=O)OCCO)CCCC1. The van der Waals surface area contributed by atoms with Crippen LogP contribution in [0.3, 0.4) is 0 Å². The summed E-state index contributed by atoms with van der Waals surface area (Å²) in [4.78, 5) is 11.1. The molecule has 0 unspecified atom stereocenters. The van der Waals surface area contributed by atoms with Gasteiger partial charge in [0.2, 0.25) is 0 Å². The van der Waals surface area contributed by atoms with E-state index in [0.717, 1.165) is 25.7 Å². The molecule has 0 aromatic heterocycles. The smallest absolute Gasteiger partial charge is 0.407 e. The third-order valence-corrected chi connectivity index (χ3v) is 2.44. The molecule has 4 nitrogen and oxygen atoms in total. The number of rotatable bonds is 3. The zero-order valence-corrected chi connectivity index (χ0v) is 8.01. The monoisotopic (exact) mass is 187 g/mol. The highest BCUT2D eigenvalue weighted by Crippen LogP contribution is 2.28. The van der Waals surface area contributed by atoms with E-state index in [1.807, 2.05) is 6.92 Å². The normalized spacial score (nSPS) is 19.8. The predicted molar refractivity (Wildman–Crippen MR) is 48.4 cm³/mol. The maximum absolute atomic E-state index is 11.1. The van der Waals surface area contributed by atoms with Crippen molar-refractivity contribution in [1.82, 2.24) is 5.32 Å².